The Morgan fingerprint density at radius 3 is 2.59 bits per heavy atom. The van der Waals surface area contributed by atoms with E-state index in [1.165, 1.54) is 19.1 Å². The van der Waals surface area contributed by atoms with Crippen LogP contribution in [0.25, 0.3) is 0 Å². The molecule has 0 heterocycles. The monoisotopic (exact) mass is 278 g/mol. The lowest BCUT2D eigenvalue weighted by Crippen LogP contribution is -2.38. The summed E-state index contributed by atoms with van der Waals surface area (Å²) in [5.74, 6) is -1.31. The molecular formula is C10H9Cl2FN2O2. The maximum absolute atomic E-state index is 13.0. The van der Waals surface area contributed by atoms with E-state index in [0.717, 1.165) is 6.07 Å². The second-order valence-corrected chi connectivity index (χ2v) is 4.25. The number of amides is 3. The number of hydrogen-bond donors (Lipinski definition) is 2. The normalized spacial score (nSPS) is 11.8. The molecule has 0 aliphatic carbocycles. The predicted octanol–water partition coefficient (Wildman–Crippen LogP) is 2.75. The fourth-order valence-corrected chi connectivity index (χ4v) is 1.12. The molecule has 2 N–H and O–H groups in total. The van der Waals surface area contributed by atoms with E-state index in [4.69, 9.17) is 23.2 Å². The molecule has 0 saturated carbocycles. The minimum absolute atomic E-state index is 0.0542. The van der Waals surface area contributed by atoms with Crippen molar-refractivity contribution in [2.75, 3.05) is 5.32 Å². The quantitative estimate of drug-likeness (QED) is 0.818. The van der Waals surface area contributed by atoms with Crippen molar-refractivity contribution in [3.8, 4) is 0 Å². The van der Waals surface area contributed by atoms with Gasteiger partial charge in [0.05, 0.1) is 5.02 Å². The first-order chi connectivity index (χ1) is 7.90. The number of alkyl halides is 1. The van der Waals surface area contributed by atoms with Crippen molar-refractivity contribution in [3.63, 3.8) is 0 Å². The summed E-state index contributed by atoms with van der Waals surface area (Å²) < 4.78 is 13.0. The summed E-state index contributed by atoms with van der Waals surface area (Å²) in [5, 5.41) is 3.37. The first-order valence-electron chi connectivity index (χ1n) is 4.61. The third-order valence-corrected chi connectivity index (χ3v) is 2.28. The highest BCUT2D eigenvalue weighted by Gasteiger charge is 2.13. The largest absolute Gasteiger partial charge is 0.325 e. The summed E-state index contributed by atoms with van der Waals surface area (Å²) in [5.41, 5.74) is 0.180. The predicted molar refractivity (Wildman–Crippen MR) is 63.9 cm³/mol. The highest BCUT2D eigenvalue weighted by atomic mass is 35.5. The maximum Gasteiger partial charge on any atom is 0.325 e. The van der Waals surface area contributed by atoms with Crippen LogP contribution in [-0.2, 0) is 4.79 Å². The molecule has 4 nitrogen and oxygen atoms in total. The fraction of sp³-hybridized carbons (Fsp3) is 0.200. The van der Waals surface area contributed by atoms with Gasteiger partial charge < -0.3 is 5.32 Å². The van der Waals surface area contributed by atoms with Crippen molar-refractivity contribution in [1.82, 2.24) is 5.32 Å². The zero-order chi connectivity index (χ0) is 13.0. The number of urea groups is 1. The number of halogens is 3. The Labute approximate surface area is 107 Å². The molecule has 0 bridgehead atoms. The van der Waals surface area contributed by atoms with Crippen LogP contribution in [0.2, 0.25) is 5.02 Å². The summed E-state index contributed by atoms with van der Waals surface area (Å²) in [6, 6.07) is 2.94. The Bertz CT molecular complexity index is 452. The summed E-state index contributed by atoms with van der Waals surface area (Å²) in [6.07, 6.45) is 0. The van der Waals surface area contributed by atoms with Crippen LogP contribution < -0.4 is 10.6 Å². The van der Waals surface area contributed by atoms with Gasteiger partial charge in [-0.1, -0.05) is 11.6 Å². The fourth-order valence-electron chi connectivity index (χ4n) is 0.948. The van der Waals surface area contributed by atoms with Crippen molar-refractivity contribution >= 4 is 40.8 Å². The van der Waals surface area contributed by atoms with Gasteiger partial charge in [0.25, 0.3) is 0 Å². The lowest BCUT2D eigenvalue weighted by atomic mass is 10.3. The zero-order valence-electron chi connectivity index (χ0n) is 8.76. The first kappa shape index (κ1) is 13.7. The maximum atomic E-state index is 13.0. The number of carbonyl (C=O) groups excluding carboxylic acids is 2. The molecule has 3 amide bonds. The lowest BCUT2D eigenvalue weighted by molar-refractivity contribution is -0.119. The molecule has 1 unspecified atom stereocenters. The summed E-state index contributed by atoms with van der Waals surface area (Å²) in [4.78, 5) is 22.3. The van der Waals surface area contributed by atoms with Crippen LogP contribution in [-0.4, -0.2) is 17.3 Å². The van der Waals surface area contributed by atoms with Crippen molar-refractivity contribution in [1.29, 1.82) is 0 Å². The van der Waals surface area contributed by atoms with Crippen LogP contribution in [0.4, 0.5) is 14.9 Å². The number of carbonyl (C=O) groups is 2. The second-order valence-electron chi connectivity index (χ2n) is 3.19. The zero-order valence-corrected chi connectivity index (χ0v) is 10.3. The summed E-state index contributed by atoms with van der Waals surface area (Å²) in [7, 11) is 0. The third-order valence-electron chi connectivity index (χ3n) is 1.78. The lowest BCUT2D eigenvalue weighted by Gasteiger charge is -2.07. The van der Waals surface area contributed by atoms with Gasteiger partial charge in [-0.3, -0.25) is 10.1 Å². The molecule has 7 heteroatoms. The average Bonchev–Trinajstić information content (AvgIpc) is 2.23. The van der Waals surface area contributed by atoms with Gasteiger partial charge in [-0.2, -0.15) is 0 Å². The number of benzene rings is 1. The molecule has 0 radical (unpaired) electrons. The standard InChI is InChI=1S/C10H9Cl2FN2O2/c1-5(11)9(16)15-10(17)14-6-2-3-7(12)8(13)4-6/h2-5H,1H3,(H2,14,15,16,17). The van der Waals surface area contributed by atoms with E-state index in [2.05, 4.69) is 5.32 Å². The van der Waals surface area contributed by atoms with Crippen molar-refractivity contribution in [3.05, 3.63) is 29.0 Å². The van der Waals surface area contributed by atoms with Crippen LogP contribution in [0.1, 0.15) is 6.92 Å². The molecule has 0 saturated heterocycles. The van der Waals surface area contributed by atoms with Crippen molar-refractivity contribution < 1.29 is 14.0 Å². The summed E-state index contributed by atoms with van der Waals surface area (Å²) in [6.45, 7) is 1.42. The van der Waals surface area contributed by atoms with E-state index in [9.17, 15) is 14.0 Å². The van der Waals surface area contributed by atoms with Crippen molar-refractivity contribution in [2.24, 2.45) is 0 Å². The molecule has 0 fully saturated rings. The molecule has 1 rings (SSSR count). The Morgan fingerprint density at radius 2 is 2.06 bits per heavy atom. The van der Waals surface area contributed by atoms with Gasteiger partial charge in [-0.15, -0.1) is 11.6 Å². The Balaban J connectivity index is 2.62. The van der Waals surface area contributed by atoms with Crippen LogP contribution >= 0.6 is 23.2 Å². The van der Waals surface area contributed by atoms with E-state index >= 15 is 0 Å². The van der Waals surface area contributed by atoms with E-state index in [1.807, 2.05) is 5.32 Å². The number of hydrogen-bond acceptors (Lipinski definition) is 2. The Kier molecular flexibility index (Phi) is 4.72. The smallest absolute Gasteiger partial charge is 0.308 e. The molecule has 1 atom stereocenters. The number of nitrogens with one attached hydrogen (secondary N) is 2. The van der Waals surface area contributed by atoms with E-state index in [0.29, 0.717) is 0 Å². The van der Waals surface area contributed by atoms with Gasteiger partial charge >= 0.3 is 6.03 Å². The van der Waals surface area contributed by atoms with E-state index in [1.54, 1.807) is 0 Å². The molecule has 1 aromatic carbocycles. The van der Waals surface area contributed by atoms with Gasteiger partial charge in [-0.05, 0) is 25.1 Å². The van der Waals surface area contributed by atoms with Crippen LogP contribution in [0.5, 0.6) is 0 Å². The van der Waals surface area contributed by atoms with Gasteiger partial charge in [0.1, 0.15) is 11.2 Å². The average molecular weight is 279 g/mol. The van der Waals surface area contributed by atoms with Crippen LogP contribution in [0, 0.1) is 5.82 Å². The minimum atomic E-state index is -0.831. The van der Waals surface area contributed by atoms with E-state index < -0.39 is 23.1 Å². The Morgan fingerprint density at radius 1 is 1.41 bits per heavy atom. The molecule has 92 valence electrons. The van der Waals surface area contributed by atoms with E-state index in [-0.39, 0.29) is 10.7 Å². The van der Waals surface area contributed by atoms with Gasteiger partial charge in [0.15, 0.2) is 0 Å². The molecule has 0 aromatic heterocycles. The van der Waals surface area contributed by atoms with Crippen LogP contribution in [0.3, 0.4) is 0 Å². The highest BCUT2D eigenvalue weighted by molar-refractivity contribution is 6.32. The van der Waals surface area contributed by atoms with Crippen LogP contribution in [0.15, 0.2) is 18.2 Å². The first-order valence-corrected chi connectivity index (χ1v) is 5.42. The highest BCUT2D eigenvalue weighted by Crippen LogP contribution is 2.18. The number of imide groups is 1. The molecule has 0 aliphatic heterocycles. The molecule has 17 heavy (non-hydrogen) atoms. The second kappa shape index (κ2) is 5.84. The third kappa shape index (κ3) is 4.20. The number of anilines is 1. The Hall–Kier alpha value is -1.33. The molecular weight excluding hydrogens is 270 g/mol. The molecule has 0 spiro atoms. The van der Waals surface area contributed by atoms with Gasteiger partial charge in [0.2, 0.25) is 5.91 Å². The topological polar surface area (TPSA) is 58.2 Å². The molecule has 0 aliphatic rings. The molecule has 1 aromatic rings. The SMILES string of the molecule is CC(Cl)C(=O)NC(=O)Nc1ccc(Cl)c(F)c1. The summed E-state index contributed by atoms with van der Waals surface area (Å²) >= 11 is 10.9. The number of rotatable bonds is 2. The van der Waals surface area contributed by atoms with Gasteiger partial charge in [0, 0.05) is 5.69 Å². The van der Waals surface area contributed by atoms with Gasteiger partial charge in [-0.25, -0.2) is 9.18 Å². The van der Waals surface area contributed by atoms with Crippen molar-refractivity contribution in [2.45, 2.75) is 12.3 Å². The minimum Gasteiger partial charge on any atom is -0.308 e.